The van der Waals surface area contributed by atoms with Gasteiger partial charge in [0.25, 0.3) is 0 Å². The molecule has 2 unspecified atom stereocenters. The monoisotopic (exact) mass is 217 g/mol. The van der Waals surface area contributed by atoms with E-state index in [0.29, 0.717) is 12.6 Å². The van der Waals surface area contributed by atoms with Crippen LogP contribution in [0.25, 0.3) is 0 Å². The third kappa shape index (κ3) is 3.44. The van der Waals surface area contributed by atoms with Gasteiger partial charge in [-0.15, -0.1) is 0 Å². The van der Waals surface area contributed by atoms with Gasteiger partial charge in [0.05, 0.1) is 6.10 Å². The first-order chi connectivity index (χ1) is 6.65. The Morgan fingerprint density at radius 3 is 2.79 bits per heavy atom. The van der Waals surface area contributed by atoms with E-state index >= 15 is 0 Å². The highest BCUT2D eigenvalue weighted by Crippen LogP contribution is 2.27. The van der Waals surface area contributed by atoms with Gasteiger partial charge in [-0.05, 0) is 18.8 Å². The molecule has 0 radical (unpaired) electrons. The summed E-state index contributed by atoms with van der Waals surface area (Å²) >= 11 is 4.23. The van der Waals surface area contributed by atoms with Crippen molar-refractivity contribution in [3.05, 3.63) is 0 Å². The SMILES string of the molecule is CC[C@@H]1CCC[C@@H]1NCC(O)C(C)S. The van der Waals surface area contributed by atoms with Crippen molar-refractivity contribution in [3.8, 4) is 0 Å². The van der Waals surface area contributed by atoms with E-state index in [1.807, 2.05) is 6.92 Å². The van der Waals surface area contributed by atoms with E-state index < -0.39 is 0 Å². The average Bonchev–Trinajstić information content (AvgIpc) is 2.60. The molecule has 0 saturated heterocycles. The van der Waals surface area contributed by atoms with E-state index in [0.717, 1.165) is 5.92 Å². The number of hydrogen-bond donors (Lipinski definition) is 3. The molecule has 4 atom stereocenters. The van der Waals surface area contributed by atoms with Crippen molar-refractivity contribution in [2.75, 3.05) is 6.54 Å². The minimum atomic E-state index is -0.323. The van der Waals surface area contributed by atoms with E-state index in [1.54, 1.807) is 0 Å². The molecule has 84 valence electrons. The highest BCUT2D eigenvalue weighted by molar-refractivity contribution is 7.81. The maximum absolute atomic E-state index is 9.61. The van der Waals surface area contributed by atoms with Gasteiger partial charge in [0.2, 0.25) is 0 Å². The van der Waals surface area contributed by atoms with Crippen LogP contribution in [0, 0.1) is 5.92 Å². The fraction of sp³-hybridized carbons (Fsp3) is 1.00. The molecule has 1 rings (SSSR count). The number of aliphatic hydroxyl groups is 1. The van der Waals surface area contributed by atoms with E-state index in [1.165, 1.54) is 25.7 Å². The van der Waals surface area contributed by atoms with Gasteiger partial charge in [0, 0.05) is 17.8 Å². The molecule has 0 amide bonds. The van der Waals surface area contributed by atoms with Crippen LogP contribution in [0.15, 0.2) is 0 Å². The van der Waals surface area contributed by atoms with Gasteiger partial charge in [-0.2, -0.15) is 12.6 Å². The highest BCUT2D eigenvalue weighted by Gasteiger charge is 2.25. The zero-order valence-electron chi connectivity index (χ0n) is 9.24. The maximum atomic E-state index is 9.61. The van der Waals surface area contributed by atoms with Gasteiger partial charge < -0.3 is 10.4 Å². The zero-order chi connectivity index (χ0) is 10.6. The zero-order valence-corrected chi connectivity index (χ0v) is 10.1. The van der Waals surface area contributed by atoms with Crippen LogP contribution in [0.2, 0.25) is 0 Å². The van der Waals surface area contributed by atoms with E-state index in [4.69, 9.17) is 0 Å². The number of hydrogen-bond acceptors (Lipinski definition) is 3. The maximum Gasteiger partial charge on any atom is 0.0777 e. The predicted octanol–water partition coefficient (Wildman–Crippen LogP) is 1.83. The Labute approximate surface area is 92.9 Å². The predicted molar refractivity (Wildman–Crippen MR) is 63.9 cm³/mol. The molecule has 1 fully saturated rings. The number of nitrogens with one attached hydrogen (secondary N) is 1. The first kappa shape index (κ1) is 12.3. The molecular formula is C11H23NOS. The van der Waals surface area contributed by atoms with Gasteiger partial charge in [0.15, 0.2) is 0 Å². The van der Waals surface area contributed by atoms with Gasteiger partial charge in [-0.1, -0.05) is 26.7 Å². The first-order valence-electron chi connectivity index (χ1n) is 5.74. The second kappa shape index (κ2) is 5.99. The van der Waals surface area contributed by atoms with E-state index in [-0.39, 0.29) is 11.4 Å². The minimum Gasteiger partial charge on any atom is -0.391 e. The van der Waals surface area contributed by atoms with Crippen LogP contribution in [-0.2, 0) is 0 Å². The molecule has 0 bridgehead atoms. The Hall–Kier alpha value is 0.270. The number of rotatable bonds is 5. The van der Waals surface area contributed by atoms with Gasteiger partial charge >= 0.3 is 0 Å². The molecule has 1 aliphatic rings. The summed E-state index contributed by atoms with van der Waals surface area (Å²) in [4.78, 5) is 0. The molecule has 0 spiro atoms. The Balaban J connectivity index is 2.23. The van der Waals surface area contributed by atoms with Crippen molar-refractivity contribution in [3.63, 3.8) is 0 Å². The normalized spacial score (nSPS) is 31.7. The van der Waals surface area contributed by atoms with Crippen LogP contribution in [0.5, 0.6) is 0 Å². The first-order valence-corrected chi connectivity index (χ1v) is 6.26. The topological polar surface area (TPSA) is 32.3 Å². The average molecular weight is 217 g/mol. The Morgan fingerprint density at radius 1 is 1.50 bits per heavy atom. The molecule has 3 heteroatoms. The Bertz CT molecular complexity index is 163. The molecule has 0 aliphatic heterocycles. The summed E-state index contributed by atoms with van der Waals surface area (Å²) in [5.41, 5.74) is 0. The summed E-state index contributed by atoms with van der Waals surface area (Å²) in [6.45, 7) is 4.87. The second-order valence-corrected chi connectivity index (χ2v) is 5.24. The lowest BCUT2D eigenvalue weighted by Gasteiger charge is -2.22. The number of aliphatic hydroxyl groups excluding tert-OH is 1. The summed E-state index contributed by atoms with van der Waals surface area (Å²) < 4.78 is 0. The largest absolute Gasteiger partial charge is 0.391 e. The highest BCUT2D eigenvalue weighted by atomic mass is 32.1. The molecule has 0 heterocycles. The van der Waals surface area contributed by atoms with Crippen molar-refractivity contribution >= 4 is 12.6 Å². The molecule has 14 heavy (non-hydrogen) atoms. The smallest absolute Gasteiger partial charge is 0.0777 e. The summed E-state index contributed by atoms with van der Waals surface area (Å²) in [6.07, 6.45) is 4.89. The van der Waals surface area contributed by atoms with E-state index in [2.05, 4.69) is 24.9 Å². The van der Waals surface area contributed by atoms with Crippen LogP contribution in [0.3, 0.4) is 0 Å². The molecule has 2 N–H and O–H groups in total. The van der Waals surface area contributed by atoms with Gasteiger partial charge in [0.1, 0.15) is 0 Å². The molecule has 0 aromatic heterocycles. The standard InChI is InChI=1S/C11H23NOS/c1-3-9-5-4-6-10(9)12-7-11(13)8(2)14/h8-14H,3-7H2,1-2H3/t8?,9-,10+,11?/m1/s1. The van der Waals surface area contributed by atoms with Crippen molar-refractivity contribution < 1.29 is 5.11 Å². The molecular weight excluding hydrogens is 194 g/mol. The van der Waals surface area contributed by atoms with Crippen LogP contribution in [0.1, 0.15) is 39.5 Å². The summed E-state index contributed by atoms with van der Waals surface area (Å²) in [6, 6.07) is 0.627. The molecule has 1 aliphatic carbocycles. The third-order valence-corrected chi connectivity index (χ3v) is 3.67. The van der Waals surface area contributed by atoms with Gasteiger partial charge in [-0.25, -0.2) is 0 Å². The fourth-order valence-corrected chi connectivity index (χ4v) is 2.34. The lowest BCUT2D eigenvalue weighted by molar-refractivity contribution is 0.165. The van der Waals surface area contributed by atoms with Crippen LogP contribution in [0.4, 0.5) is 0 Å². The van der Waals surface area contributed by atoms with Crippen LogP contribution in [-0.4, -0.2) is 29.0 Å². The lowest BCUT2D eigenvalue weighted by Crippen LogP contribution is -2.40. The number of thiol groups is 1. The summed E-state index contributed by atoms with van der Waals surface area (Å²) in [7, 11) is 0. The minimum absolute atomic E-state index is 0.0592. The van der Waals surface area contributed by atoms with Crippen molar-refractivity contribution in [2.24, 2.45) is 5.92 Å². The Morgan fingerprint density at radius 2 is 2.21 bits per heavy atom. The Kier molecular flexibility index (Phi) is 5.28. The second-order valence-electron chi connectivity index (χ2n) is 4.42. The fourth-order valence-electron chi connectivity index (χ4n) is 2.24. The molecule has 0 aromatic carbocycles. The van der Waals surface area contributed by atoms with Crippen molar-refractivity contribution in [2.45, 2.75) is 56.9 Å². The van der Waals surface area contributed by atoms with Gasteiger partial charge in [-0.3, -0.25) is 0 Å². The van der Waals surface area contributed by atoms with Crippen LogP contribution >= 0.6 is 12.6 Å². The molecule has 2 nitrogen and oxygen atoms in total. The molecule has 1 saturated carbocycles. The van der Waals surface area contributed by atoms with Crippen molar-refractivity contribution in [1.82, 2.24) is 5.32 Å². The molecule has 0 aromatic rings. The van der Waals surface area contributed by atoms with E-state index in [9.17, 15) is 5.11 Å². The van der Waals surface area contributed by atoms with Crippen molar-refractivity contribution in [1.29, 1.82) is 0 Å². The third-order valence-electron chi connectivity index (χ3n) is 3.33. The lowest BCUT2D eigenvalue weighted by atomic mass is 10.0. The quantitative estimate of drug-likeness (QED) is 0.614. The summed E-state index contributed by atoms with van der Waals surface area (Å²) in [5.74, 6) is 0.817. The van der Waals surface area contributed by atoms with Crippen LogP contribution < -0.4 is 5.32 Å². The summed E-state index contributed by atoms with van der Waals surface area (Å²) in [5, 5.41) is 13.1.